The Bertz CT molecular complexity index is 502. The van der Waals surface area contributed by atoms with E-state index in [0.29, 0.717) is 36.8 Å². The summed E-state index contributed by atoms with van der Waals surface area (Å²) in [6.45, 7) is 3.91. The first-order valence-corrected chi connectivity index (χ1v) is 7.16. The molecule has 0 aromatic heterocycles. The Morgan fingerprint density at radius 2 is 1.95 bits per heavy atom. The molecule has 0 aliphatic carbocycles. The lowest BCUT2D eigenvalue weighted by Crippen LogP contribution is -2.46. The number of piperazine rings is 1. The second kappa shape index (κ2) is 6.42. The van der Waals surface area contributed by atoms with Crippen molar-refractivity contribution < 1.29 is 18.3 Å². The first-order chi connectivity index (χ1) is 9.78. The molecule has 1 heterocycles. The lowest BCUT2D eigenvalue weighted by Gasteiger charge is -2.36. The number of aryl methyl sites for hydroxylation is 1. The van der Waals surface area contributed by atoms with E-state index in [1.807, 2.05) is 0 Å². The Kier molecular flexibility index (Phi) is 5.01. The third-order valence-electron chi connectivity index (χ3n) is 3.67. The standard InChI is InChI=1S/C14H18ClF3N2O/c1-9-6-10(15)7-11(13(9)21)12(8-14(16,17)18)20-4-2-19-3-5-20/h6-7,12,19,21H,2-5,8H2,1H3/t12-/m0/s1. The molecule has 0 unspecified atom stereocenters. The van der Waals surface area contributed by atoms with Crippen molar-refractivity contribution in [1.29, 1.82) is 0 Å². The first kappa shape index (κ1) is 16.4. The summed E-state index contributed by atoms with van der Waals surface area (Å²) in [4.78, 5) is 1.74. The fourth-order valence-electron chi connectivity index (χ4n) is 2.66. The smallest absolute Gasteiger partial charge is 0.390 e. The third-order valence-corrected chi connectivity index (χ3v) is 3.89. The molecule has 1 aromatic carbocycles. The molecule has 7 heteroatoms. The molecular weight excluding hydrogens is 305 g/mol. The van der Waals surface area contributed by atoms with Crippen molar-refractivity contribution >= 4 is 11.6 Å². The van der Waals surface area contributed by atoms with Gasteiger partial charge in [-0.05, 0) is 24.6 Å². The number of phenolic OH excluding ortho intramolecular Hbond substituents is 1. The predicted octanol–water partition coefficient (Wildman–Crippen LogP) is 3.25. The Balaban J connectivity index is 2.38. The molecule has 2 rings (SSSR count). The van der Waals surface area contributed by atoms with Crippen LogP contribution in [0, 0.1) is 6.92 Å². The van der Waals surface area contributed by atoms with Crippen LogP contribution < -0.4 is 5.32 Å². The van der Waals surface area contributed by atoms with Gasteiger partial charge in [0.05, 0.1) is 6.42 Å². The summed E-state index contributed by atoms with van der Waals surface area (Å²) in [6.07, 6.45) is -5.31. The van der Waals surface area contributed by atoms with Crippen molar-refractivity contribution in [3.63, 3.8) is 0 Å². The SMILES string of the molecule is Cc1cc(Cl)cc([C@H](CC(F)(F)F)N2CCNCC2)c1O. The van der Waals surface area contributed by atoms with E-state index in [0.717, 1.165) is 0 Å². The summed E-state index contributed by atoms with van der Waals surface area (Å²) < 4.78 is 38.8. The van der Waals surface area contributed by atoms with E-state index < -0.39 is 18.6 Å². The highest BCUT2D eigenvalue weighted by Crippen LogP contribution is 2.40. The second-order valence-corrected chi connectivity index (χ2v) is 5.72. The summed E-state index contributed by atoms with van der Waals surface area (Å²) in [7, 11) is 0. The fourth-order valence-corrected chi connectivity index (χ4v) is 2.95. The number of nitrogens with one attached hydrogen (secondary N) is 1. The maximum atomic E-state index is 12.9. The van der Waals surface area contributed by atoms with Crippen LogP contribution in [0.4, 0.5) is 13.2 Å². The zero-order valence-corrected chi connectivity index (χ0v) is 12.4. The van der Waals surface area contributed by atoms with Gasteiger partial charge < -0.3 is 10.4 Å². The first-order valence-electron chi connectivity index (χ1n) is 6.78. The van der Waals surface area contributed by atoms with Gasteiger partial charge >= 0.3 is 6.18 Å². The highest BCUT2D eigenvalue weighted by atomic mass is 35.5. The molecule has 3 nitrogen and oxygen atoms in total. The highest BCUT2D eigenvalue weighted by molar-refractivity contribution is 6.30. The molecule has 0 bridgehead atoms. The van der Waals surface area contributed by atoms with E-state index >= 15 is 0 Å². The summed E-state index contributed by atoms with van der Waals surface area (Å²) in [5.74, 6) is -0.104. The molecule has 1 atom stereocenters. The van der Waals surface area contributed by atoms with Crippen LogP contribution in [0.5, 0.6) is 5.75 Å². The zero-order valence-electron chi connectivity index (χ0n) is 11.7. The molecule has 0 saturated carbocycles. The predicted molar refractivity (Wildman–Crippen MR) is 75.7 cm³/mol. The summed E-state index contributed by atoms with van der Waals surface area (Å²) >= 11 is 5.95. The minimum absolute atomic E-state index is 0.104. The van der Waals surface area contributed by atoms with Crippen molar-refractivity contribution in [1.82, 2.24) is 10.2 Å². The fraction of sp³-hybridized carbons (Fsp3) is 0.571. The van der Waals surface area contributed by atoms with Gasteiger partial charge in [0.2, 0.25) is 0 Å². The quantitative estimate of drug-likeness (QED) is 0.896. The van der Waals surface area contributed by atoms with Crippen LogP contribution >= 0.6 is 11.6 Å². The Morgan fingerprint density at radius 3 is 2.52 bits per heavy atom. The molecule has 1 aliphatic rings. The maximum absolute atomic E-state index is 12.9. The molecule has 2 N–H and O–H groups in total. The van der Waals surface area contributed by atoms with Gasteiger partial charge in [0.15, 0.2) is 0 Å². The van der Waals surface area contributed by atoms with Crippen molar-refractivity contribution in [2.24, 2.45) is 0 Å². The van der Waals surface area contributed by atoms with E-state index in [9.17, 15) is 18.3 Å². The summed E-state index contributed by atoms with van der Waals surface area (Å²) in [6, 6.07) is 2.06. The van der Waals surface area contributed by atoms with E-state index in [1.165, 1.54) is 6.07 Å². The second-order valence-electron chi connectivity index (χ2n) is 5.28. The number of phenols is 1. The molecule has 0 spiro atoms. The largest absolute Gasteiger partial charge is 0.507 e. The van der Waals surface area contributed by atoms with Gasteiger partial charge in [-0.3, -0.25) is 4.90 Å². The molecule has 21 heavy (non-hydrogen) atoms. The molecule has 1 saturated heterocycles. The van der Waals surface area contributed by atoms with Gasteiger partial charge in [-0.15, -0.1) is 0 Å². The normalized spacial score (nSPS) is 18.7. The number of nitrogens with zero attached hydrogens (tertiary/aromatic N) is 1. The van der Waals surface area contributed by atoms with Gasteiger partial charge in [-0.1, -0.05) is 11.6 Å². The number of hydrogen-bond donors (Lipinski definition) is 2. The van der Waals surface area contributed by atoms with Crippen LogP contribution in [0.25, 0.3) is 0 Å². The third kappa shape index (κ3) is 4.25. The lowest BCUT2D eigenvalue weighted by atomic mass is 9.97. The van der Waals surface area contributed by atoms with E-state index in [2.05, 4.69) is 5.32 Å². The average molecular weight is 323 g/mol. The van der Waals surface area contributed by atoms with Gasteiger partial charge in [0.25, 0.3) is 0 Å². The Labute approximate surface area is 126 Å². The van der Waals surface area contributed by atoms with Crippen molar-refractivity contribution in [3.05, 3.63) is 28.3 Å². The van der Waals surface area contributed by atoms with Crippen LogP contribution in [0.1, 0.15) is 23.6 Å². The highest BCUT2D eigenvalue weighted by Gasteiger charge is 2.37. The number of aromatic hydroxyl groups is 1. The van der Waals surface area contributed by atoms with Crippen LogP contribution in [-0.4, -0.2) is 42.4 Å². The average Bonchev–Trinajstić information content (AvgIpc) is 2.40. The lowest BCUT2D eigenvalue weighted by molar-refractivity contribution is -0.148. The summed E-state index contributed by atoms with van der Waals surface area (Å²) in [5.41, 5.74) is 0.735. The van der Waals surface area contributed by atoms with E-state index in [-0.39, 0.29) is 11.3 Å². The molecule has 118 valence electrons. The molecular formula is C14H18ClF3N2O. The number of halogens is 4. The van der Waals surface area contributed by atoms with E-state index in [4.69, 9.17) is 11.6 Å². The Morgan fingerprint density at radius 1 is 1.33 bits per heavy atom. The van der Waals surface area contributed by atoms with Crippen LogP contribution in [0.2, 0.25) is 5.02 Å². The number of hydrogen-bond acceptors (Lipinski definition) is 3. The van der Waals surface area contributed by atoms with Gasteiger partial charge in [0.1, 0.15) is 5.75 Å². The Hall–Kier alpha value is -0.980. The minimum Gasteiger partial charge on any atom is -0.507 e. The van der Waals surface area contributed by atoms with Crippen molar-refractivity contribution in [3.8, 4) is 5.75 Å². The van der Waals surface area contributed by atoms with Crippen molar-refractivity contribution in [2.75, 3.05) is 26.2 Å². The van der Waals surface area contributed by atoms with E-state index in [1.54, 1.807) is 17.9 Å². The molecule has 1 aliphatic heterocycles. The molecule has 1 fully saturated rings. The van der Waals surface area contributed by atoms with Crippen LogP contribution in [0.15, 0.2) is 12.1 Å². The molecule has 0 amide bonds. The molecule has 0 radical (unpaired) electrons. The topological polar surface area (TPSA) is 35.5 Å². The zero-order chi connectivity index (χ0) is 15.6. The molecule has 1 aromatic rings. The number of rotatable bonds is 3. The van der Waals surface area contributed by atoms with Crippen LogP contribution in [-0.2, 0) is 0 Å². The van der Waals surface area contributed by atoms with Gasteiger partial charge in [-0.2, -0.15) is 13.2 Å². The summed E-state index contributed by atoms with van der Waals surface area (Å²) in [5, 5.41) is 13.6. The van der Waals surface area contributed by atoms with Gasteiger partial charge in [0, 0.05) is 42.8 Å². The monoisotopic (exact) mass is 322 g/mol. The maximum Gasteiger partial charge on any atom is 0.390 e. The van der Waals surface area contributed by atoms with Gasteiger partial charge in [-0.25, -0.2) is 0 Å². The number of alkyl halides is 3. The minimum atomic E-state index is -4.31. The van der Waals surface area contributed by atoms with Crippen LogP contribution in [0.3, 0.4) is 0 Å². The van der Waals surface area contributed by atoms with Crippen molar-refractivity contribution in [2.45, 2.75) is 25.6 Å². The number of benzene rings is 1.